The smallest absolute Gasteiger partial charge is 0.335 e. The fraction of sp³-hybridized carbons (Fsp3) is 0.278. The van der Waals surface area contributed by atoms with Crippen molar-refractivity contribution in [2.45, 2.75) is 18.6 Å². The van der Waals surface area contributed by atoms with Gasteiger partial charge in [0, 0.05) is 18.8 Å². The number of pyridine rings is 1. The molecule has 0 saturated carbocycles. The molecule has 2 N–H and O–H groups in total. The highest BCUT2D eigenvalue weighted by Gasteiger charge is 2.29. The number of rotatable bonds is 5. The Bertz CT molecular complexity index is 796. The molecular formula is C18H17ClN2O5. The van der Waals surface area contributed by atoms with Crippen LogP contribution in [0.1, 0.15) is 27.1 Å². The summed E-state index contributed by atoms with van der Waals surface area (Å²) < 4.78 is 11.4. The molecule has 1 aliphatic rings. The maximum absolute atomic E-state index is 12.5. The van der Waals surface area contributed by atoms with Gasteiger partial charge in [0.05, 0.1) is 35.4 Å². The van der Waals surface area contributed by atoms with Crippen molar-refractivity contribution in [3.05, 3.63) is 58.9 Å². The van der Waals surface area contributed by atoms with Gasteiger partial charge in [0.25, 0.3) is 5.91 Å². The van der Waals surface area contributed by atoms with Crippen molar-refractivity contribution in [3.8, 4) is 5.75 Å². The Labute approximate surface area is 154 Å². The second-order valence-electron chi connectivity index (χ2n) is 5.78. The van der Waals surface area contributed by atoms with Gasteiger partial charge < -0.3 is 19.9 Å². The Kier molecular flexibility index (Phi) is 5.70. The van der Waals surface area contributed by atoms with Crippen LogP contribution in [0.25, 0.3) is 0 Å². The Morgan fingerprint density at radius 3 is 2.73 bits per heavy atom. The van der Waals surface area contributed by atoms with Crippen LogP contribution in [-0.2, 0) is 4.74 Å². The molecule has 8 heteroatoms. The summed E-state index contributed by atoms with van der Waals surface area (Å²) in [5, 5.41) is 12.1. The van der Waals surface area contributed by atoms with Gasteiger partial charge in [0.1, 0.15) is 11.9 Å². The molecule has 1 fully saturated rings. The first kappa shape index (κ1) is 18.2. The minimum atomic E-state index is -0.998. The molecule has 2 aromatic rings. The number of carbonyl (C=O) groups is 2. The third kappa shape index (κ3) is 4.30. The van der Waals surface area contributed by atoms with Crippen LogP contribution in [0, 0.1) is 0 Å². The van der Waals surface area contributed by atoms with E-state index in [1.54, 1.807) is 18.2 Å². The van der Waals surface area contributed by atoms with E-state index in [2.05, 4.69) is 10.3 Å². The normalized spacial score (nSPS) is 19.6. The second-order valence-corrected chi connectivity index (χ2v) is 6.19. The SMILES string of the molecule is O=C(O)c1ccc(O[C@@H]2CCOC[C@H]2NC(=O)c2ccncc2Cl)cc1. The summed E-state index contributed by atoms with van der Waals surface area (Å²) in [7, 11) is 0. The molecule has 7 nitrogen and oxygen atoms in total. The largest absolute Gasteiger partial charge is 0.488 e. The molecule has 0 spiro atoms. The lowest BCUT2D eigenvalue weighted by atomic mass is 10.1. The van der Waals surface area contributed by atoms with Gasteiger partial charge in [0.2, 0.25) is 0 Å². The second kappa shape index (κ2) is 8.16. The molecule has 1 aromatic heterocycles. The van der Waals surface area contributed by atoms with Gasteiger partial charge in [-0.2, -0.15) is 0 Å². The number of halogens is 1. The van der Waals surface area contributed by atoms with E-state index in [0.29, 0.717) is 30.9 Å². The molecule has 2 heterocycles. The highest BCUT2D eigenvalue weighted by Crippen LogP contribution is 2.20. The minimum absolute atomic E-state index is 0.182. The summed E-state index contributed by atoms with van der Waals surface area (Å²) in [5.74, 6) is -0.798. The zero-order chi connectivity index (χ0) is 18.5. The van der Waals surface area contributed by atoms with Gasteiger partial charge in [0.15, 0.2) is 0 Å². The molecule has 1 amide bonds. The average Bonchev–Trinajstić information content (AvgIpc) is 2.64. The van der Waals surface area contributed by atoms with E-state index in [0.717, 1.165) is 0 Å². The minimum Gasteiger partial charge on any atom is -0.488 e. The predicted molar refractivity (Wildman–Crippen MR) is 93.8 cm³/mol. The monoisotopic (exact) mass is 376 g/mol. The Morgan fingerprint density at radius 2 is 2.04 bits per heavy atom. The zero-order valence-corrected chi connectivity index (χ0v) is 14.5. The number of ether oxygens (including phenoxy) is 2. The number of carbonyl (C=O) groups excluding carboxylic acids is 1. The number of carboxylic acid groups (broad SMARTS) is 1. The van der Waals surface area contributed by atoms with E-state index in [-0.39, 0.29) is 28.6 Å². The standard InChI is InChI=1S/C18H17ClN2O5/c19-14-9-20-7-5-13(14)17(22)21-15-10-25-8-6-16(15)26-12-3-1-11(2-4-12)18(23)24/h1-5,7,9,15-16H,6,8,10H2,(H,21,22)(H,23,24)/t15-,16-/m1/s1. The maximum Gasteiger partial charge on any atom is 0.335 e. The number of carboxylic acids is 1. The summed E-state index contributed by atoms with van der Waals surface area (Å²) in [6.07, 6.45) is 3.20. The van der Waals surface area contributed by atoms with Gasteiger partial charge in [-0.25, -0.2) is 4.79 Å². The molecule has 0 bridgehead atoms. The number of hydrogen-bond donors (Lipinski definition) is 2. The third-order valence-electron chi connectivity index (χ3n) is 4.02. The number of nitrogens with zero attached hydrogens (tertiary/aromatic N) is 1. The van der Waals surface area contributed by atoms with Crippen LogP contribution in [-0.4, -0.2) is 47.3 Å². The van der Waals surface area contributed by atoms with Crippen molar-refractivity contribution in [1.82, 2.24) is 10.3 Å². The number of aromatic nitrogens is 1. The summed E-state index contributed by atoms with van der Waals surface area (Å²) in [6.45, 7) is 0.826. The maximum atomic E-state index is 12.5. The summed E-state index contributed by atoms with van der Waals surface area (Å²) in [5.41, 5.74) is 0.512. The fourth-order valence-electron chi connectivity index (χ4n) is 2.65. The lowest BCUT2D eigenvalue weighted by Gasteiger charge is -2.32. The highest BCUT2D eigenvalue weighted by atomic mass is 35.5. The van der Waals surface area contributed by atoms with Crippen LogP contribution in [0.2, 0.25) is 5.02 Å². The van der Waals surface area contributed by atoms with Gasteiger partial charge in [-0.05, 0) is 30.3 Å². The Balaban J connectivity index is 1.68. The van der Waals surface area contributed by atoms with E-state index in [1.165, 1.54) is 24.5 Å². The van der Waals surface area contributed by atoms with E-state index >= 15 is 0 Å². The lowest BCUT2D eigenvalue weighted by molar-refractivity contribution is -0.00288. The van der Waals surface area contributed by atoms with Crippen LogP contribution in [0.3, 0.4) is 0 Å². The molecule has 1 saturated heterocycles. The molecular weight excluding hydrogens is 360 g/mol. The number of hydrogen-bond acceptors (Lipinski definition) is 5. The van der Waals surface area contributed by atoms with Crippen LogP contribution < -0.4 is 10.1 Å². The Hall–Kier alpha value is -2.64. The molecule has 2 atom stereocenters. The van der Waals surface area contributed by atoms with Crippen LogP contribution >= 0.6 is 11.6 Å². The Morgan fingerprint density at radius 1 is 1.27 bits per heavy atom. The van der Waals surface area contributed by atoms with Crippen molar-refractivity contribution in [3.63, 3.8) is 0 Å². The summed E-state index contributed by atoms with van der Waals surface area (Å²) in [6, 6.07) is 7.32. The predicted octanol–water partition coefficient (Wildman–Crippen LogP) is 2.40. The number of amides is 1. The average molecular weight is 377 g/mol. The van der Waals surface area contributed by atoms with Crippen LogP contribution in [0.15, 0.2) is 42.7 Å². The van der Waals surface area contributed by atoms with Crippen molar-refractivity contribution in [2.75, 3.05) is 13.2 Å². The van der Waals surface area contributed by atoms with Gasteiger partial charge in [-0.3, -0.25) is 9.78 Å². The fourth-order valence-corrected chi connectivity index (χ4v) is 2.86. The van der Waals surface area contributed by atoms with Gasteiger partial charge >= 0.3 is 5.97 Å². The van der Waals surface area contributed by atoms with E-state index in [4.69, 9.17) is 26.2 Å². The first-order valence-electron chi connectivity index (χ1n) is 8.02. The number of aromatic carboxylic acids is 1. The molecule has 1 aliphatic heterocycles. The topological polar surface area (TPSA) is 97.8 Å². The van der Waals surface area contributed by atoms with Crippen molar-refractivity contribution in [2.24, 2.45) is 0 Å². The first-order valence-corrected chi connectivity index (χ1v) is 8.40. The summed E-state index contributed by atoms with van der Waals surface area (Å²) in [4.78, 5) is 27.2. The molecule has 136 valence electrons. The molecule has 0 aliphatic carbocycles. The van der Waals surface area contributed by atoms with Crippen LogP contribution in [0.5, 0.6) is 5.75 Å². The number of benzene rings is 1. The zero-order valence-electron chi connectivity index (χ0n) is 13.7. The van der Waals surface area contributed by atoms with Gasteiger partial charge in [-0.15, -0.1) is 0 Å². The van der Waals surface area contributed by atoms with E-state index in [1.807, 2.05) is 0 Å². The third-order valence-corrected chi connectivity index (χ3v) is 4.32. The van der Waals surface area contributed by atoms with E-state index < -0.39 is 5.97 Å². The molecule has 0 unspecified atom stereocenters. The summed E-state index contributed by atoms with van der Waals surface area (Å²) >= 11 is 6.01. The van der Waals surface area contributed by atoms with Crippen molar-refractivity contribution >= 4 is 23.5 Å². The van der Waals surface area contributed by atoms with Crippen molar-refractivity contribution in [1.29, 1.82) is 0 Å². The molecule has 0 radical (unpaired) electrons. The quantitative estimate of drug-likeness (QED) is 0.831. The van der Waals surface area contributed by atoms with Gasteiger partial charge in [-0.1, -0.05) is 11.6 Å². The van der Waals surface area contributed by atoms with E-state index in [9.17, 15) is 9.59 Å². The molecule has 3 rings (SSSR count). The highest BCUT2D eigenvalue weighted by molar-refractivity contribution is 6.33. The van der Waals surface area contributed by atoms with Crippen molar-refractivity contribution < 1.29 is 24.2 Å². The molecule has 1 aromatic carbocycles. The number of nitrogens with one attached hydrogen (secondary N) is 1. The molecule has 26 heavy (non-hydrogen) atoms. The lowest BCUT2D eigenvalue weighted by Crippen LogP contribution is -2.51. The first-order chi connectivity index (χ1) is 12.5. The van der Waals surface area contributed by atoms with Crippen LogP contribution in [0.4, 0.5) is 0 Å².